The number of ether oxygens (including phenoxy) is 3. The SMILES string of the molecule is CO[C@@H]1CCN(C(=O)OC(C)(C)C)C[C@@H](C(=O)N[C@H](C#N)Cc2ccc(-c3ccc4cnn(C)c4c3)cc2F)OC1. The van der Waals surface area contributed by atoms with Crippen LogP contribution in [0.5, 0.6) is 0 Å². The number of halogens is 1. The summed E-state index contributed by atoms with van der Waals surface area (Å²) in [5, 5.41) is 17.7. The Morgan fingerprint density at radius 2 is 1.98 bits per heavy atom. The van der Waals surface area contributed by atoms with Crippen molar-refractivity contribution in [3.8, 4) is 17.2 Å². The number of nitrogens with one attached hydrogen (secondary N) is 1. The molecule has 0 spiro atoms. The van der Waals surface area contributed by atoms with E-state index in [2.05, 4.69) is 10.4 Å². The molecule has 2 heterocycles. The molecule has 3 atom stereocenters. The van der Waals surface area contributed by atoms with E-state index in [1.54, 1.807) is 43.8 Å². The Bertz CT molecular complexity index is 1440. The van der Waals surface area contributed by atoms with Gasteiger partial charge in [-0.25, -0.2) is 9.18 Å². The second-order valence-electron chi connectivity index (χ2n) is 11.1. The minimum absolute atomic E-state index is 0.0433. The molecule has 218 valence electrons. The first-order valence-electron chi connectivity index (χ1n) is 13.5. The van der Waals surface area contributed by atoms with Crippen LogP contribution < -0.4 is 5.32 Å². The summed E-state index contributed by atoms with van der Waals surface area (Å²) < 4.78 is 33.6. The van der Waals surface area contributed by atoms with Crippen molar-refractivity contribution in [1.82, 2.24) is 20.0 Å². The fourth-order valence-corrected chi connectivity index (χ4v) is 4.62. The molecule has 1 saturated heterocycles. The highest BCUT2D eigenvalue weighted by atomic mass is 19.1. The van der Waals surface area contributed by atoms with Crippen LogP contribution in [-0.2, 0) is 32.5 Å². The number of nitrogens with zero attached hydrogens (tertiary/aromatic N) is 4. The lowest BCUT2D eigenvalue weighted by Gasteiger charge is -2.33. The van der Waals surface area contributed by atoms with Gasteiger partial charge in [0.1, 0.15) is 17.5 Å². The molecule has 0 radical (unpaired) electrons. The van der Waals surface area contributed by atoms with Gasteiger partial charge in [0.15, 0.2) is 6.10 Å². The zero-order chi connectivity index (χ0) is 29.7. The number of methoxy groups -OCH3 is 1. The molecule has 10 nitrogen and oxygen atoms in total. The van der Waals surface area contributed by atoms with Gasteiger partial charge in [0.25, 0.3) is 5.91 Å². The molecule has 2 aromatic carbocycles. The van der Waals surface area contributed by atoms with Crippen LogP contribution >= 0.6 is 0 Å². The van der Waals surface area contributed by atoms with Crippen LogP contribution in [-0.4, -0.2) is 77.3 Å². The number of carbonyl (C=O) groups is 2. The van der Waals surface area contributed by atoms with Gasteiger partial charge >= 0.3 is 6.09 Å². The third-order valence-corrected chi connectivity index (χ3v) is 6.90. The van der Waals surface area contributed by atoms with Gasteiger partial charge in [0.2, 0.25) is 0 Å². The number of fused-ring (bicyclic) bond motifs is 1. The number of aromatic nitrogens is 2. The van der Waals surface area contributed by atoms with Crippen molar-refractivity contribution in [3.05, 3.63) is 54.0 Å². The summed E-state index contributed by atoms with van der Waals surface area (Å²) in [6.45, 7) is 5.68. The van der Waals surface area contributed by atoms with Crippen LogP contribution in [0.4, 0.5) is 9.18 Å². The summed E-state index contributed by atoms with van der Waals surface area (Å²) in [6.07, 6.45) is 0.274. The van der Waals surface area contributed by atoms with E-state index in [4.69, 9.17) is 14.2 Å². The van der Waals surface area contributed by atoms with Gasteiger partial charge < -0.3 is 24.4 Å². The standard InChI is InChI=1S/C30H36FN5O5/c1-30(2,3)41-29(38)36-11-10-24(39-5)18-40-27(17-36)28(37)34-23(15-32)12-21-8-6-19(13-25(21)31)20-7-9-22-16-33-35(4)26(22)14-20/h6-9,13-14,16,23-24,27H,10-12,17-18H2,1-5H3,(H,34,37)/t23-,24+,27-/m0/s1. The van der Waals surface area contributed by atoms with Gasteiger partial charge in [-0.05, 0) is 56.0 Å². The van der Waals surface area contributed by atoms with E-state index in [1.807, 2.05) is 31.3 Å². The molecular formula is C30H36FN5O5. The first-order chi connectivity index (χ1) is 19.5. The fraction of sp³-hybridized carbons (Fsp3) is 0.467. The summed E-state index contributed by atoms with van der Waals surface area (Å²) >= 11 is 0. The molecule has 1 aliphatic rings. The molecule has 0 unspecified atom stereocenters. The molecule has 41 heavy (non-hydrogen) atoms. The average Bonchev–Trinajstić information content (AvgIpc) is 3.28. The maximum absolute atomic E-state index is 15.2. The normalized spacial score (nSPS) is 18.7. The number of amides is 2. The Balaban J connectivity index is 1.45. The molecule has 2 amide bonds. The van der Waals surface area contributed by atoms with Gasteiger partial charge in [-0.15, -0.1) is 0 Å². The number of benzene rings is 2. The lowest BCUT2D eigenvalue weighted by molar-refractivity contribution is -0.139. The molecule has 0 saturated carbocycles. The van der Waals surface area contributed by atoms with E-state index in [9.17, 15) is 14.9 Å². The smallest absolute Gasteiger partial charge is 0.410 e. The van der Waals surface area contributed by atoms with E-state index in [0.717, 1.165) is 16.5 Å². The Hall–Kier alpha value is -4.01. The number of hydrogen-bond donors (Lipinski definition) is 1. The summed E-state index contributed by atoms with van der Waals surface area (Å²) in [5.41, 5.74) is 2.02. The van der Waals surface area contributed by atoms with Gasteiger partial charge in [0, 0.05) is 32.5 Å². The zero-order valence-electron chi connectivity index (χ0n) is 24.0. The van der Waals surface area contributed by atoms with Gasteiger partial charge in [-0.3, -0.25) is 9.48 Å². The summed E-state index contributed by atoms with van der Waals surface area (Å²) in [7, 11) is 3.38. The average molecular weight is 566 g/mol. The predicted molar refractivity (Wildman–Crippen MR) is 150 cm³/mol. The lowest BCUT2D eigenvalue weighted by Crippen LogP contribution is -2.52. The van der Waals surface area contributed by atoms with Crippen molar-refractivity contribution in [2.24, 2.45) is 7.05 Å². The summed E-state index contributed by atoms with van der Waals surface area (Å²) in [5.74, 6) is -1.06. The van der Waals surface area contributed by atoms with E-state index in [-0.39, 0.29) is 31.2 Å². The molecule has 0 aliphatic carbocycles. The van der Waals surface area contributed by atoms with E-state index >= 15 is 4.39 Å². The van der Waals surface area contributed by atoms with Gasteiger partial charge in [0.05, 0.1) is 37.0 Å². The number of nitriles is 1. The summed E-state index contributed by atoms with van der Waals surface area (Å²) in [6, 6.07) is 11.6. The maximum atomic E-state index is 15.2. The molecule has 1 aliphatic heterocycles. The van der Waals surface area contributed by atoms with Gasteiger partial charge in [-0.1, -0.05) is 24.3 Å². The summed E-state index contributed by atoms with van der Waals surface area (Å²) in [4.78, 5) is 27.4. The molecule has 11 heteroatoms. The Kier molecular flexibility index (Phi) is 9.25. The topological polar surface area (TPSA) is 119 Å². The van der Waals surface area contributed by atoms with Crippen LogP contribution in [0.1, 0.15) is 32.8 Å². The Morgan fingerprint density at radius 3 is 2.66 bits per heavy atom. The number of carbonyl (C=O) groups excluding carboxylic acids is 2. The molecule has 3 aromatic rings. The predicted octanol–water partition coefficient (Wildman–Crippen LogP) is 3.97. The second-order valence-corrected chi connectivity index (χ2v) is 11.1. The molecule has 1 aromatic heterocycles. The minimum atomic E-state index is -1.06. The van der Waals surface area contributed by atoms with Crippen molar-refractivity contribution in [1.29, 1.82) is 5.26 Å². The van der Waals surface area contributed by atoms with Crippen molar-refractivity contribution in [2.45, 2.75) is 57.5 Å². The molecule has 0 bridgehead atoms. The molecule has 4 rings (SSSR count). The highest BCUT2D eigenvalue weighted by Gasteiger charge is 2.32. The second kappa shape index (κ2) is 12.7. The monoisotopic (exact) mass is 565 g/mol. The Morgan fingerprint density at radius 1 is 1.24 bits per heavy atom. The van der Waals surface area contributed by atoms with Crippen LogP contribution in [0.25, 0.3) is 22.0 Å². The molecule has 1 fully saturated rings. The highest BCUT2D eigenvalue weighted by Crippen LogP contribution is 2.26. The number of aryl methyl sites for hydroxylation is 1. The van der Waals surface area contributed by atoms with Crippen LogP contribution in [0, 0.1) is 17.1 Å². The Labute approximate surface area is 239 Å². The highest BCUT2D eigenvalue weighted by molar-refractivity contribution is 5.84. The fourth-order valence-electron chi connectivity index (χ4n) is 4.62. The largest absolute Gasteiger partial charge is 0.444 e. The molecule has 1 N–H and O–H groups in total. The first kappa shape index (κ1) is 30.0. The lowest BCUT2D eigenvalue weighted by atomic mass is 9.99. The van der Waals surface area contributed by atoms with Crippen molar-refractivity contribution < 1.29 is 28.2 Å². The van der Waals surface area contributed by atoms with Crippen LogP contribution in [0.2, 0.25) is 0 Å². The van der Waals surface area contributed by atoms with Crippen LogP contribution in [0.3, 0.4) is 0 Å². The van der Waals surface area contributed by atoms with E-state index < -0.39 is 35.6 Å². The maximum Gasteiger partial charge on any atom is 0.410 e. The number of rotatable bonds is 6. The first-order valence-corrected chi connectivity index (χ1v) is 13.5. The van der Waals surface area contributed by atoms with E-state index in [1.165, 1.54) is 18.1 Å². The van der Waals surface area contributed by atoms with Crippen LogP contribution in [0.15, 0.2) is 42.6 Å². The van der Waals surface area contributed by atoms with Crippen molar-refractivity contribution in [2.75, 3.05) is 26.8 Å². The quantitative estimate of drug-likeness (QED) is 0.480. The van der Waals surface area contributed by atoms with Crippen molar-refractivity contribution in [3.63, 3.8) is 0 Å². The number of hydrogen-bond acceptors (Lipinski definition) is 7. The molecular weight excluding hydrogens is 529 g/mol. The zero-order valence-corrected chi connectivity index (χ0v) is 24.0. The van der Waals surface area contributed by atoms with Crippen molar-refractivity contribution >= 4 is 22.9 Å². The minimum Gasteiger partial charge on any atom is -0.444 e. The third kappa shape index (κ3) is 7.60. The van der Waals surface area contributed by atoms with Gasteiger partial charge in [-0.2, -0.15) is 10.4 Å². The van der Waals surface area contributed by atoms with E-state index in [0.29, 0.717) is 18.5 Å². The third-order valence-electron chi connectivity index (χ3n) is 6.90.